The summed E-state index contributed by atoms with van der Waals surface area (Å²) in [6.45, 7) is 0.673. The number of nitrogens with zero attached hydrogens (tertiary/aromatic N) is 1. The van der Waals surface area contributed by atoms with Crippen LogP contribution in [0.1, 0.15) is 24.8 Å². The molecule has 0 unspecified atom stereocenters. The summed E-state index contributed by atoms with van der Waals surface area (Å²) >= 11 is 3.52. The number of hydrogen-bond acceptors (Lipinski definition) is 2. The highest BCUT2D eigenvalue weighted by molar-refractivity contribution is 9.10. The number of rotatable bonds is 4. The zero-order chi connectivity index (χ0) is 14.7. The Labute approximate surface area is 130 Å². The molecular weight excluding hydrogens is 338 g/mol. The predicted molar refractivity (Wildman–Crippen MR) is 81.3 cm³/mol. The molecule has 0 radical (unpaired) electrons. The number of halogens is 3. The number of aromatic nitrogens is 1. The Morgan fingerprint density at radius 2 is 2.05 bits per heavy atom. The fourth-order valence-corrected chi connectivity index (χ4v) is 4.45. The van der Waals surface area contributed by atoms with Gasteiger partial charge in [-0.15, -0.1) is 0 Å². The van der Waals surface area contributed by atoms with Crippen molar-refractivity contribution in [3.8, 4) is 0 Å². The van der Waals surface area contributed by atoms with Crippen LogP contribution in [0, 0.1) is 5.41 Å². The average Bonchev–Trinajstić information content (AvgIpc) is 2.34. The molecule has 1 aromatic carbocycles. The fourth-order valence-electron chi connectivity index (χ4n) is 3.93. The van der Waals surface area contributed by atoms with E-state index < -0.39 is 11.8 Å². The van der Waals surface area contributed by atoms with Gasteiger partial charge in [-0.2, -0.15) is 0 Å². The van der Waals surface area contributed by atoms with Crippen LogP contribution >= 0.6 is 15.9 Å². The molecule has 2 nitrogen and oxygen atoms in total. The van der Waals surface area contributed by atoms with E-state index in [-0.39, 0.29) is 5.54 Å². The van der Waals surface area contributed by atoms with Gasteiger partial charge in [0, 0.05) is 33.6 Å². The van der Waals surface area contributed by atoms with Crippen LogP contribution in [0.2, 0.25) is 0 Å². The van der Waals surface area contributed by atoms with Gasteiger partial charge in [0.25, 0.3) is 0 Å². The molecule has 0 spiro atoms. The number of alkyl halides is 2. The molecule has 1 N–H and O–H groups in total. The lowest BCUT2D eigenvalue weighted by atomic mass is 9.39. The summed E-state index contributed by atoms with van der Waals surface area (Å²) in [5, 5.41) is 4.57. The molecule has 1 heterocycles. The van der Waals surface area contributed by atoms with Crippen molar-refractivity contribution in [2.75, 3.05) is 0 Å². The van der Waals surface area contributed by atoms with Crippen molar-refractivity contribution in [3.63, 3.8) is 0 Å². The molecule has 1 aromatic heterocycles. The number of pyridine rings is 1. The Morgan fingerprint density at radius 3 is 2.76 bits per heavy atom. The van der Waals surface area contributed by atoms with Crippen LogP contribution in [0.15, 0.2) is 34.9 Å². The minimum absolute atomic E-state index is 0.0557. The SMILES string of the molecule is FC(F)C12CC(NCc3cc(Br)cc4cccnc34)(C1)C2. The van der Waals surface area contributed by atoms with E-state index in [9.17, 15) is 8.78 Å². The summed E-state index contributed by atoms with van der Waals surface area (Å²) in [5.74, 6) is 0. The molecule has 3 fully saturated rings. The van der Waals surface area contributed by atoms with Crippen LogP contribution in [-0.2, 0) is 6.54 Å². The molecule has 5 heteroatoms. The van der Waals surface area contributed by atoms with Crippen LogP contribution in [0.3, 0.4) is 0 Å². The Morgan fingerprint density at radius 1 is 1.29 bits per heavy atom. The zero-order valence-electron chi connectivity index (χ0n) is 11.4. The third-order valence-corrected chi connectivity index (χ3v) is 5.39. The van der Waals surface area contributed by atoms with Crippen LogP contribution < -0.4 is 5.32 Å². The summed E-state index contributed by atoms with van der Waals surface area (Å²) < 4.78 is 26.7. The van der Waals surface area contributed by atoms with Gasteiger partial charge >= 0.3 is 0 Å². The number of nitrogens with one attached hydrogen (secondary N) is 1. The molecule has 2 aromatic rings. The van der Waals surface area contributed by atoms with Crippen molar-refractivity contribution in [1.82, 2.24) is 10.3 Å². The molecular formula is C16H15BrF2N2. The number of fused-ring (bicyclic) bond motifs is 1. The van der Waals surface area contributed by atoms with Crippen LogP contribution in [0.4, 0.5) is 8.78 Å². The van der Waals surface area contributed by atoms with Crippen molar-refractivity contribution in [2.45, 2.75) is 37.8 Å². The molecule has 110 valence electrons. The molecule has 0 saturated heterocycles. The van der Waals surface area contributed by atoms with Crippen molar-refractivity contribution in [2.24, 2.45) is 5.41 Å². The maximum absolute atomic E-state index is 12.9. The second kappa shape index (κ2) is 4.46. The summed E-state index contributed by atoms with van der Waals surface area (Å²) in [6.07, 6.45) is 1.44. The summed E-state index contributed by atoms with van der Waals surface area (Å²) in [5.41, 5.74) is 1.35. The highest BCUT2D eigenvalue weighted by atomic mass is 79.9. The van der Waals surface area contributed by atoms with Crippen LogP contribution in [-0.4, -0.2) is 16.9 Å². The standard InChI is InChI=1S/C16H15BrF2N2/c17-12-4-10-2-1-3-20-13(10)11(5-12)6-21-16-7-15(8-16,9-16)14(18)19/h1-5,14,21H,6-9H2. The van der Waals surface area contributed by atoms with Gasteiger partial charge in [-0.1, -0.05) is 22.0 Å². The van der Waals surface area contributed by atoms with Crippen molar-refractivity contribution >= 4 is 26.8 Å². The lowest BCUT2D eigenvalue weighted by Crippen LogP contribution is -2.75. The smallest absolute Gasteiger partial charge is 0.244 e. The van der Waals surface area contributed by atoms with E-state index >= 15 is 0 Å². The van der Waals surface area contributed by atoms with Crippen LogP contribution in [0.25, 0.3) is 10.9 Å². The van der Waals surface area contributed by atoms with E-state index in [4.69, 9.17) is 0 Å². The predicted octanol–water partition coefficient (Wildman–Crippen LogP) is 4.27. The Hall–Kier alpha value is -1.07. The second-order valence-electron chi connectivity index (χ2n) is 6.47. The summed E-state index contributed by atoms with van der Waals surface area (Å²) in [7, 11) is 0. The molecule has 3 aliphatic rings. The van der Waals surface area contributed by atoms with Gasteiger partial charge in [0.05, 0.1) is 5.52 Å². The first-order chi connectivity index (χ1) is 10.0. The lowest BCUT2D eigenvalue weighted by Gasteiger charge is -2.70. The van der Waals surface area contributed by atoms with Crippen molar-refractivity contribution < 1.29 is 8.78 Å². The summed E-state index contributed by atoms with van der Waals surface area (Å²) in [6, 6.07) is 8.04. The minimum Gasteiger partial charge on any atom is -0.307 e. The van der Waals surface area contributed by atoms with E-state index in [1.165, 1.54) is 0 Å². The van der Waals surface area contributed by atoms with Crippen molar-refractivity contribution in [3.05, 3.63) is 40.5 Å². The number of hydrogen-bond donors (Lipinski definition) is 1. The van der Waals surface area contributed by atoms with E-state index in [2.05, 4.69) is 32.3 Å². The first kappa shape index (κ1) is 13.6. The third-order valence-electron chi connectivity index (χ3n) is 4.94. The molecule has 0 aliphatic heterocycles. The molecule has 3 aliphatic carbocycles. The average molecular weight is 353 g/mol. The monoisotopic (exact) mass is 352 g/mol. The van der Waals surface area contributed by atoms with Gasteiger partial charge in [0.2, 0.25) is 6.43 Å². The Balaban J connectivity index is 1.52. The van der Waals surface area contributed by atoms with E-state index in [1.54, 1.807) is 6.20 Å². The normalized spacial score (nSPS) is 30.3. The van der Waals surface area contributed by atoms with Crippen molar-refractivity contribution in [1.29, 1.82) is 0 Å². The minimum atomic E-state index is -2.17. The van der Waals surface area contributed by atoms with Gasteiger partial charge in [0.1, 0.15) is 0 Å². The molecule has 2 bridgehead atoms. The third kappa shape index (κ3) is 2.01. The van der Waals surface area contributed by atoms with Gasteiger partial charge in [-0.25, -0.2) is 8.78 Å². The Kier molecular flexibility index (Phi) is 2.89. The Bertz CT molecular complexity index is 697. The second-order valence-corrected chi connectivity index (χ2v) is 7.38. The number of benzene rings is 1. The molecule has 0 atom stereocenters. The maximum Gasteiger partial charge on any atom is 0.244 e. The maximum atomic E-state index is 12.9. The first-order valence-corrected chi connectivity index (χ1v) is 7.88. The molecule has 3 saturated carbocycles. The highest BCUT2D eigenvalue weighted by Gasteiger charge is 2.71. The lowest BCUT2D eigenvalue weighted by molar-refractivity contribution is -0.229. The highest BCUT2D eigenvalue weighted by Crippen LogP contribution is 2.69. The van der Waals surface area contributed by atoms with Gasteiger partial charge < -0.3 is 5.32 Å². The zero-order valence-corrected chi connectivity index (χ0v) is 13.0. The topological polar surface area (TPSA) is 24.9 Å². The first-order valence-electron chi connectivity index (χ1n) is 7.08. The molecule has 21 heavy (non-hydrogen) atoms. The summed E-state index contributed by atoms with van der Waals surface area (Å²) in [4.78, 5) is 4.44. The van der Waals surface area contributed by atoms with Gasteiger partial charge in [-0.3, -0.25) is 4.98 Å². The van der Waals surface area contributed by atoms with Gasteiger partial charge in [-0.05, 0) is 43.0 Å². The van der Waals surface area contributed by atoms with E-state index in [0.717, 1.165) is 20.9 Å². The fraction of sp³-hybridized carbons (Fsp3) is 0.438. The van der Waals surface area contributed by atoms with E-state index in [0.29, 0.717) is 25.8 Å². The molecule has 0 amide bonds. The van der Waals surface area contributed by atoms with Gasteiger partial charge in [0.15, 0.2) is 0 Å². The molecule has 5 rings (SSSR count). The van der Waals surface area contributed by atoms with Crippen LogP contribution in [0.5, 0.6) is 0 Å². The van der Waals surface area contributed by atoms with E-state index in [1.807, 2.05) is 18.2 Å². The largest absolute Gasteiger partial charge is 0.307 e. The quantitative estimate of drug-likeness (QED) is 0.888.